The molecular weight excluding hydrogens is 315 g/mol. The summed E-state index contributed by atoms with van der Waals surface area (Å²) >= 11 is 5.15. The molecule has 5 heteroatoms. The Labute approximate surface area is 118 Å². The van der Waals surface area contributed by atoms with Gasteiger partial charge in [-0.1, -0.05) is 6.07 Å². The molecule has 96 valence electrons. The van der Waals surface area contributed by atoms with Gasteiger partial charge in [-0.2, -0.15) is 0 Å². The smallest absolute Gasteiger partial charge is 0.123 e. The molecule has 1 aromatic heterocycles. The van der Waals surface area contributed by atoms with Crippen LogP contribution in [0.4, 0.5) is 4.39 Å². The number of halogens is 2. The van der Waals surface area contributed by atoms with Gasteiger partial charge in [0, 0.05) is 9.35 Å². The molecule has 0 spiro atoms. The van der Waals surface area contributed by atoms with Gasteiger partial charge in [0.15, 0.2) is 0 Å². The van der Waals surface area contributed by atoms with Gasteiger partial charge in [0.05, 0.1) is 6.04 Å². The molecule has 0 fully saturated rings. The molecule has 0 bridgehead atoms. The molecular formula is C13H14BrFN2S. The van der Waals surface area contributed by atoms with E-state index in [0.29, 0.717) is 0 Å². The van der Waals surface area contributed by atoms with Gasteiger partial charge >= 0.3 is 0 Å². The number of nitrogens with two attached hydrogens (primary N) is 1. The van der Waals surface area contributed by atoms with Crippen molar-refractivity contribution in [3.63, 3.8) is 0 Å². The van der Waals surface area contributed by atoms with E-state index in [1.165, 1.54) is 6.07 Å². The lowest BCUT2D eigenvalue weighted by Gasteiger charge is -2.16. The van der Waals surface area contributed by atoms with E-state index in [4.69, 9.17) is 5.84 Å². The predicted octanol–water partition coefficient (Wildman–Crippen LogP) is 3.71. The number of benzene rings is 1. The fraction of sp³-hybridized carbons (Fsp3) is 0.231. The minimum atomic E-state index is -0.203. The van der Waals surface area contributed by atoms with Crippen molar-refractivity contribution in [2.75, 3.05) is 0 Å². The van der Waals surface area contributed by atoms with Crippen molar-refractivity contribution in [3.05, 3.63) is 55.9 Å². The second-order valence-electron chi connectivity index (χ2n) is 4.13. The summed E-state index contributed by atoms with van der Waals surface area (Å²) in [6.07, 6.45) is 0.738. The van der Waals surface area contributed by atoms with Crippen LogP contribution in [0.15, 0.2) is 34.1 Å². The molecule has 0 saturated carbocycles. The van der Waals surface area contributed by atoms with Crippen molar-refractivity contribution in [2.24, 2.45) is 5.84 Å². The summed E-state index contributed by atoms with van der Waals surface area (Å²) in [4.78, 5) is 1.15. The van der Waals surface area contributed by atoms with Crippen LogP contribution >= 0.6 is 27.3 Å². The summed E-state index contributed by atoms with van der Waals surface area (Å²) in [7, 11) is 0. The maximum atomic E-state index is 13.1. The van der Waals surface area contributed by atoms with Crippen LogP contribution in [0.25, 0.3) is 0 Å². The standard InChI is InChI=1S/C13H14BrFN2S/c1-8-6-10(15)3-2-9(8)7-12(17-16)13-11(14)4-5-18-13/h2-6,12,17H,7,16H2,1H3. The summed E-state index contributed by atoms with van der Waals surface area (Å²) in [6, 6.07) is 6.88. The van der Waals surface area contributed by atoms with E-state index in [1.807, 2.05) is 24.4 Å². The van der Waals surface area contributed by atoms with Crippen LogP contribution < -0.4 is 11.3 Å². The molecule has 2 aromatic rings. The second-order valence-corrected chi connectivity index (χ2v) is 5.93. The van der Waals surface area contributed by atoms with Crippen LogP contribution in [0.1, 0.15) is 22.0 Å². The molecule has 0 amide bonds. The van der Waals surface area contributed by atoms with Gasteiger partial charge in [0.2, 0.25) is 0 Å². The SMILES string of the molecule is Cc1cc(F)ccc1CC(NN)c1sccc1Br. The fourth-order valence-electron chi connectivity index (χ4n) is 1.89. The molecule has 0 aliphatic heterocycles. The van der Waals surface area contributed by atoms with Crippen molar-refractivity contribution in [3.8, 4) is 0 Å². The summed E-state index contributed by atoms with van der Waals surface area (Å²) in [5.74, 6) is 5.42. The van der Waals surface area contributed by atoms with E-state index in [0.717, 1.165) is 26.9 Å². The third-order valence-electron chi connectivity index (χ3n) is 2.89. The van der Waals surface area contributed by atoms with E-state index < -0.39 is 0 Å². The zero-order valence-electron chi connectivity index (χ0n) is 9.91. The molecule has 2 nitrogen and oxygen atoms in total. The Morgan fingerprint density at radius 1 is 1.44 bits per heavy atom. The summed E-state index contributed by atoms with van der Waals surface area (Å²) in [6.45, 7) is 1.91. The molecule has 0 radical (unpaired) electrons. The van der Waals surface area contributed by atoms with Crippen molar-refractivity contribution in [1.29, 1.82) is 0 Å². The first-order valence-corrected chi connectivity index (χ1v) is 7.23. The third-order valence-corrected chi connectivity index (χ3v) is 4.88. The zero-order chi connectivity index (χ0) is 13.1. The highest BCUT2D eigenvalue weighted by atomic mass is 79.9. The van der Waals surface area contributed by atoms with Crippen molar-refractivity contribution < 1.29 is 4.39 Å². The molecule has 0 aliphatic carbocycles. The Morgan fingerprint density at radius 3 is 2.78 bits per heavy atom. The quantitative estimate of drug-likeness (QED) is 0.663. The zero-order valence-corrected chi connectivity index (χ0v) is 12.3. The van der Waals surface area contributed by atoms with E-state index in [2.05, 4.69) is 21.4 Å². The number of aryl methyl sites for hydroxylation is 1. The van der Waals surface area contributed by atoms with E-state index in [9.17, 15) is 4.39 Å². The molecule has 1 atom stereocenters. The predicted molar refractivity (Wildman–Crippen MR) is 76.9 cm³/mol. The lowest BCUT2D eigenvalue weighted by molar-refractivity contribution is 0.556. The van der Waals surface area contributed by atoms with Crippen molar-refractivity contribution in [2.45, 2.75) is 19.4 Å². The van der Waals surface area contributed by atoms with E-state index >= 15 is 0 Å². The summed E-state index contributed by atoms with van der Waals surface area (Å²) in [5.41, 5.74) is 4.87. The van der Waals surface area contributed by atoms with Crippen LogP contribution in [-0.4, -0.2) is 0 Å². The molecule has 0 saturated heterocycles. The summed E-state index contributed by atoms with van der Waals surface area (Å²) in [5, 5.41) is 2.02. The van der Waals surface area contributed by atoms with Crippen LogP contribution in [0.5, 0.6) is 0 Å². The molecule has 1 aromatic carbocycles. The minimum absolute atomic E-state index is 0.0311. The largest absolute Gasteiger partial charge is 0.271 e. The fourth-order valence-corrected chi connectivity index (χ4v) is 3.60. The number of hydrogen-bond donors (Lipinski definition) is 2. The molecule has 18 heavy (non-hydrogen) atoms. The van der Waals surface area contributed by atoms with Gasteiger partial charge < -0.3 is 0 Å². The average Bonchev–Trinajstić information content (AvgIpc) is 2.75. The van der Waals surface area contributed by atoms with Gasteiger partial charge in [-0.15, -0.1) is 11.3 Å². The van der Waals surface area contributed by atoms with Gasteiger partial charge in [-0.25, -0.2) is 4.39 Å². The highest BCUT2D eigenvalue weighted by Crippen LogP contribution is 2.31. The second kappa shape index (κ2) is 5.93. The highest BCUT2D eigenvalue weighted by molar-refractivity contribution is 9.10. The van der Waals surface area contributed by atoms with Gasteiger partial charge in [0.1, 0.15) is 5.82 Å². The van der Waals surface area contributed by atoms with Crippen LogP contribution in [-0.2, 0) is 6.42 Å². The first kappa shape index (κ1) is 13.7. The number of rotatable bonds is 4. The van der Waals surface area contributed by atoms with Crippen molar-refractivity contribution in [1.82, 2.24) is 5.43 Å². The molecule has 0 aliphatic rings. The van der Waals surface area contributed by atoms with Gasteiger partial charge in [0.25, 0.3) is 0 Å². The van der Waals surface area contributed by atoms with Gasteiger partial charge in [-0.3, -0.25) is 11.3 Å². The maximum Gasteiger partial charge on any atom is 0.123 e. The molecule has 3 N–H and O–H groups in total. The lowest BCUT2D eigenvalue weighted by Crippen LogP contribution is -2.29. The first-order valence-electron chi connectivity index (χ1n) is 5.56. The van der Waals surface area contributed by atoms with Crippen LogP contribution in [0.3, 0.4) is 0 Å². The van der Waals surface area contributed by atoms with E-state index in [1.54, 1.807) is 17.4 Å². The maximum absolute atomic E-state index is 13.1. The normalized spacial score (nSPS) is 12.7. The van der Waals surface area contributed by atoms with Crippen LogP contribution in [0.2, 0.25) is 0 Å². The Morgan fingerprint density at radius 2 is 2.22 bits per heavy atom. The summed E-state index contributed by atoms with van der Waals surface area (Å²) < 4.78 is 14.1. The minimum Gasteiger partial charge on any atom is -0.271 e. The molecule has 1 heterocycles. The van der Waals surface area contributed by atoms with Crippen molar-refractivity contribution >= 4 is 27.3 Å². The van der Waals surface area contributed by atoms with E-state index in [-0.39, 0.29) is 11.9 Å². The monoisotopic (exact) mass is 328 g/mol. The number of thiophene rings is 1. The number of hydrogen-bond acceptors (Lipinski definition) is 3. The average molecular weight is 329 g/mol. The number of hydrazine groups is 1. The first-order chi connectivity index (χ1) is 8.61. The Bertz CT molecular complexity index is 542. The Hall–Kier alpha value is -0.750. The highest BCUT2D eigenvalue weighted by Gasteiger charge is 2.16. The lowest BCUT2D eigenvalue weighted by atomic mass is 10.0. The topological polar surface area (TPSA) is 38.0 Å². The molecule has 1 unspecified atom stereocenters. The Balaban J connectivity index is 2.23. The van der Waals surface area contributed by atoms with Gasteiger partial charge in [-0.05, 0) is 64.0 Å². The Kier molecular flexibility index (Phi) is 4.50. The third kappa shape index (κ3) is 2.98. The molecule has 2 rings (SSSR count). The number of nitrogens with one attached hydrogen (secondary N) is 1. The van der Waals surface area contributed by atoms with Crippen LogP contribution in [0, 0.1) is 12.7 Å².